The summed E-state index contributed by atoms with van der Waals surface area (Å²) in [4.78, 5) is 4.56. The first-order chi connectivity index (χ1) is 9.88. The van der Waals surface area contributed by atoms with Gasteiger partial charge in [-0.15, -0.1) is 10.2 Å². The van der Waals surface area contributed by atoms with Crippen LogP contribution in [0.25, 0.3) is 21.8 Å². The zero-order chi connectivity index (χ0) is 13.8. The van der Waals surface area contributed by atoms with Crippen molar-refractivity contribution in [2.45, 2.75) is 12.1 Å². The van der Waals surface area contributed by atoms with Gasteiger partial charge in [-0.05, 0) is 18.4 Å². The van der Waals surface area contributed by atoms with Crippen molar-refractivity contribution in [3.63, 3.8) is 0 Å². The minimum absolute atomic E-state index is 0.701. The van der Waals surface area contributed by atoms with Gasteiger partial charge in [-0.2, -0.15) is 0 Å². The predicted molar refractivity (Wildman–Crippen MR) is 82.1 cm³/mol. The summed E-state index contributed by atoms with van der Waals surface area (Å²) in [6, 6.07) is 12.2. The van der Waals surface area contributed by atoms with E-state index in [0.29, 0.717) is 11.8 Å². The Morgan fingerprint density at radius 2 is 2.00 bits per heavy atom. The molecule has 4 nitrogen and oxygen atoms in total. The maximum absolute atomic E-state index is 5.30. The van der Waals surface area contributed by atoms with Crippen LogP contribution in [-0.2, 0) is 4.74 Å². The molecule has 0 aliphatic rings. The molecule has 0 spiro atoms. The summed E-state index contributed by atoms with van der Waals surface area (Å²) in [5.41, 5.74) is 1.75. The van der Waals surface area contributed by atoms with Crippen LogP contribution < -0.4 is 0 Å². The van der Waals surface area contributed by atoms with Crippen molar-refractivity contribution in [2.75, 3.05) is 19.0 Å². The van der Waals surface area contributed by atoms with Crippen molar-refractivity contribution in [2.24, 2.45) is 0 Å². The molecule has 0 atom stereocenters. The lowest BCUT2D eigenvalue weighted by atomic mass is 10.1. The van der Waals surface area contributed by atoms with Crippen LogP contribution in [0.2, 0.25) is 0 Å². The molecule has 0 radical (unpaired) electrons. The van der Waals surface area contributed by atoms with Gasteiger partial charge in [0, 0.05) is 17.7 Å². The van der Waals surface area contributed by atoms with Crippen molar-refractivity contribution < 1.29 is 4.74 Å². The molecule has 0 saturated carbocycles. The fourth-order valence-electron chi connectivity index (χ4n) is 2.05. The number of ether oxygens (including phenoxy) is 1. The van der Waals surface area contributed by atoms with Crippen LogP contribution in [0.4, 0.5) is 0 Å². The number of thioether (sulfide) groups is 1. The summed E-state index contributed by atoms with van der Waals surface area (Å²) in [7, 11) is 0. The Kier molecular flexibility index (Phi) is 4.08. The van der Waals surface area contributed by atoms with Gasteiger partial charge in [0.1, 0.15) is 5.52 Å². The normalized spacial score (nSPS) is 11.2. The lowest BCUT2D eigenvalue weighted by molar-refractivity contribution is 0.164. The third kappa shape index (κ3) is 2.73. The molecule has 3 aromatic rings. The van der Waals surface area contributed by atoms with Crippen LogP contribution in [0.5, 0.6) is 0 Å². The highest BCUT2D eigenvalue weighted by atomic mass is 32.2. The summed E-state index contributed by atoms with van der Waals surface area (Å²) in [6.45, 7) is 3.44. The van der Waals surface area contributed by atoms with Gasteiger partial charge in [-0.3, -0.25) is 0 Å². The number of rotatable bonds is 5. The van der Waals surface area contributed by atoms with Gasteiger partial charge < -0.3 is 4.74 Å². The van der Waals surface area contributed by atoms with Crippen LogP contribution in [0.3, 0.4) is 0 Å². The van der Waals surface area contributed by atoms with Gasteiger partial charge in [-0.1, -0.05) is 42.1 Å². The number of hydrogen-bond donors (Lipinski definition) is 0. The highest BCUT2D eigenvalue weighted by molar-refractivity contribution is 7.99. The van der Waals surface area contributed by atoms with Crippen LogP contribution in [0.1, 0.15) is 6.92 Å². The molecule has 0 bridgehead atoms. The third-order valence-corrected chi connectivity index (χ3v) is 3.80. The van der Waals surface area contributed by atoms with Crippen molar-refractivity contribution in [1.82, 2.24) is 15.2 Å². The molecule has 0 fully saturated rings. The third-order valence-electron chi connectivity index (χ3n) is 2.99. The summed E-state index contributed by atoms with van der Waals surface area (Å²) in [5.74, 6) is 0.842. The molecule has 0 aliphatic carbocycles. The van der Waals surface area contributed by atoms with E-state index in [-0.39, 0.29) is 0 Å². The summed E-state index contributed by atoms with van der Waals surface area (Å²) in [6.07, 6.45) is 0. The van der Waals surface area contributed by atoms with Crippen molar-refractivity contribution in [1.29, 1.82) is 0 Å². The average molecular weight is 285 g/mol. The number of benzene rings is 2. The molecule has 2 aromatic carbocycles. The van der Waals surface area contributed by atoms with E-state index in [1.165, 1.54) is 0 Å². The molecule has 0 unspecified atom stereocenters. The SMILES string of the molecule is CCOCCSc1nnc2c(ccc3ccccc32)n1. The molecular formula is C15H15N3OS. The van der Waals surface area contributed by atoms with Crippen LogP contribution in [0.15, 0.2) is 41.6 Å². The van der Waals surface area contributed by atoms with Gasteiger partial charge in [0.05, 0.1) is 12.1 Å². The number of hydrogen-bond acceptors (Lipinski definition) is 5. The van der Waals surface area contributed by atoms with E-state index in [0.717, 1.165) is 34.2 Å². The molecule has 0 aliphatic heterocycles. The zero-order valence-corrected chi connectivity index (χ0v) is 12.1. The Labute approximate surface area is 121 Å². The second-order valence-electron chi connectivity index (χ2n) is 4.29. The largest absolute Gasteiger partial charge is 0.381 e. The zero-order valence-electron chi connectivity index (χ0n) is 11.2. The summed E-state index contributed by atoms with van der Waals surface area (Å²) in [5, 5.41) is 11.5. The summed E-state index contributed by atoms with van der Waals surface area (Å²) < 4.78 is 5.30. The molecular weight excluding hydrogens is 270 g/mol. The van der Waals surface area contributed by atoms with E-state index in [1.54, 1.807) is 11.8 Å². The standard InChI is InChI=1S/C15H15N3OS/c1-2-19-9-10-20-15-16-13-8-7-11-5-3-4-6-12(11)14(13)17-18-15/h3-8H,2,9-10H2,1H3. The van der Waals surface area contributed by atoms with Crippen LogP contribution >= 0.6 is 11.8 Å². The minimum Gasteiger partial charge on any atom is -0.381 e. The fourth-order valence-corrected chi connectivity index (χ4v) is 2.70. The topological polar surface area (TPSA) is 47.9 Å². The molecule has 0 saturated heterocycles. The number of nitrogens with zero attached hydrogens (tertiary/aromatic N) is 3. The molecule has 3 rings (SSSR count). The Balaban J connectivity index is 1.90. The van der Waals surface area contributed by atoms with E-state index < -0.39 is 0 Å². The monoisotopic (exact) mass is 285 g/mol. The van der Waals surface area contributed by atoms with Crippen molar-refractivity contribution >= 4 is 33.6 Å². The van der Waals surface area contributed by atoms with Gasteiger partial charge in [0.2, 0.25) is 5.16 Å². The average Bonchev–Trinajstić information content (AvgIpc) is 2.51. The second-order valence-corrected chi connectivity index (χ2v) is 5.36. The van der Waals surface area contributed by atoms with Gasteiger partial charge in [0.25, 0.3) is 0 Å². The molecule has 5 heteroatoms. The van der Waals surface area contributed by atoms with Crippen molar-refractivity contribution in [3.8, 4) is 0 Å². The maximum Gasteiger partial charge on any atom is 0.209 e. The van der Waals surface area contributed by atoms with E-state index in [4.69, 9.17) is 4.74 Å². The van der Waals surface area contributed by atoms with Crippen LogP contribution in [0, 0.1) is 0 Å². The molecule has 1 aromatic heterocycles. The Hall–Kier alpha value is -1.72. The highest BCUT2D eigenvalue weighted by Crippen LogP contribution is 2.23. The van der Waals surface area contributed by atoms with Gasteiger partial charge in [0.15, 0.2) is 0 Å². The predicted octanol–water partition coefficient (Wildman–Crippen LogP) is 3.31. The molecule has 0 amide bonds. The smallest absolute Gasteiger partial charge is 0.209 e. The summed E-state index contributed by atoms with van der Waals surface area (Å²) >= 11 is 1.57. The minimum atomic E-state index is 0.701. The molecule has 0 N–H and O–H groups in total. The number of fused-ring (bicyclic) bond motifs is 3. The second kappa shape index (κ2) is 6.15. The van der Waals surface area contributed by atoms with Gasteiger partial charge in [-0.25, -0.2) is 4.98 Å². The Morgan fingerprint density at radius 1 is 1.10 bits per heavy atom. The maximum atomic E-state index is 5.30. The number of aromatic nitrogens is 3. The quantitative estimate of drug-likeness (QED) is 0.409. The Bertz CT molecular complexity index is 732. The Morgan fingerprint density at radius 3 is 2.90 bits per heavy atom. The van der Waals surface area contributed by atoms with E-state index >= 15 is 0 Å². The van der Waals surface area contributed by atoms with E-state index in [1.807, 2.05) is 25.1 Å². The molecule has 102 valence electrons. The molecule has 1 heterocycles. The molecule has 20 heavy (non-hydrogen) atoms. The first-order valence-corrected chi connectivity index (χ1v) is 7.60. The fraction of sp³-hybridized carbons (Fsp3) is 0.267. The van der Waals surface area contributed by atoms with Gasteiger partial charge >= 0.3 is 0 Å². The van der Waals surface area contributed by atoms with Crippen LogP contribution in [-0.4, -0.2) is 34.1 Å². The van der Waals surface area contributed by atoms with E-state index in [9.17, 15) is 0 Å². The lowest BCUT2D eigenvalue weighted by Crippen LogP contribution is -1.99. The van der Waals surface area contributed by atoms with Crippen molar-refractivity contribution in [3.05, 3.63) is 36.4 Å². The highest BCUT2D eigenvalue weighted by Gasteiger charge is 2.05. The lowest BCUT2D eigenvalue weighted by Gasteiger charge is -2.04. The first-order valence-electron chi connectivity index (χ1n) is 6.61. The first kappa shape index (κ1) is 13.3. The van der Waals surface area contributed by atoms with E-state index in [2.05, 4.69) is 33.4 Å².